The summed E-state index contributed by atoms with van der Waals surface area (Å²) in [7, 11) is 0. The van der Waals surface area contributed by atoms with E-state index in [9.17, 15) is 4.39 Å². The summed E-state index contributed by atoms with van der Waals surface area (Å²) in [5, 5.41) is 0. The molecular weight excluding hydrogens is 203 g/mol. The Morgan fingerprint density at radius 3 is 2.25 bits per heavy atom. The molecule has 0 radical (unpaired) electrons. The van der Waals surface area contributed by atoms with Gasteiger partial charge in [-0.1, -0.05) is 26.0 Å². The molecule has 0 bridgehead atoms. The van der Waals surface area contributed by atoms with Gasteiger partial charge in [0.2, 0.25) is 0 Å². The van der Waals surface area contributed by atoms with Crippen LogP contribution in [0.25, 0.3) is 0 Å². The van der Waals surface area contributed by atoms with Crippen LogP contribution in [-0.2, 0) is 0 Å². The molecule has 2 nitrogen and oxygen atoms in total. The Labute approximate surface area is 97.3 Å². The molecule has 0 amide bonds. The maximum atomic E-state index is 12.7. The minimum Gasteiger partial charge on any atom is -0.324 e. The Morgan fingerprint density at radius 2 is 1.75 bits per heavy atom. The Balaban J connectivity index is 2.46. The van der Waals surface area contributed by atoms with E-state index < -0.39 is 0 Å². The average Bonchev–Trinajstić information content (AvgIpc) is 2.31. The van der Waals surface area contributed by atoms with Crippen molar-refractivity contribution in [2.75, 3.05) is 19.6 Å². The lowest BCUT2D eigenvalue weighted by Crippen LogP contribution is -2.27. The predicted molar refractivity (Wildman–Crippen MR) is 65.7 cm³/mol. The first-order chi connectivity index (χ1) is 7.67. The molecule has 0 aliphatic carbocycles. The number of hydrogen-bond donors (Lipinski definition) is 1. The fraction of sp³-hybridized carbons (Fsp3) is 0.538. The van der Waals surface area contributed by atoms with E-state index in [1.165, 1.54) is 12.1 Å². The zero-order chi connectivity index (χ0) is 12.0. The zero-order valence-electron chi connectivity index (χ0n) is 10.1. The van der Waals surface area contributed by atoms with Crippen molar-refractivity contribution in [1.29, 1.82) is 0 Å². The van der Waals surface area contributed by atoms with Gasteiger partial charge in [0.15, 0.2) is 0 Å². The first-order valence-corrected chi connectivity index (χ1v) is 5.90. The summed E-state index contributed by atoms with van der Waals surface area (Å²) in [5.41, 5.74) is 7.06. The molecule has 1 rings (SSSR count). The van der Waals surface area contributed by atoms with E-state index in [4.69, 9.17) is 5.73 Å². The normalized spacial score (nSPS) is 13.1. The monoisotopic (exact) mass is 224 g/mol. The van der Waals surface area contributed by atoms with E-state index in [1.807, 2.05) is 0 Å². The van der Waals surface area contributed by atoms with Gasteiger partial charge in [0.25, 0.3) is 0 Å². The standard InChI is InChI=1S/C13H21FN2/c1-3-16(4-2)10-9-13(15)11-5-7-12(14)8-6-11/h5-8,13H,3-4,9-10,15H2,1-2H3. The van der Waals surface area contributed by atoms with Crippen LogP contribution in [0.15, 0.2) is 24.3 Å². The Kier molecular flexibility index (Phi) is 5.43. The third kappa shape index (κ3) is 3.91. The minimum atomic E-state index is -0.209. The summed E-state index contributed by atoms with van der Waals surface area (Å²) in [4.78, 5) is 2.34. The quantitative estimate of drug-likeness (QED) is 0.804. The van der Waals surface area contributed by atoms with Crippen molar-refractivity contribution in [3.05, 3.63) is 35.6 Å². The third-order valence-corrected chi connectivity index (χ3v) is 2.95. The summed E-state index contributed by atoms with van der Waals surface area (Å²) >= 11 is 0. The number of rotatable bonds is 6. The molecule has 3 heteroatoms. The molecule has 0 saturated heterocycles. The van der Waals surface area contributed by atoms with Crippen LogP contribution in [0.5, 0.6) is 0 Å². The number of nitrogens with zero attached hydrogens (tertiary/aromatic N) is 1. The topological polar surface area (TPSA) is 29.3 Å². The lowest BCUT2D eigenvalue weighted by molar-refractivity contribution is 0.291. The van der Waals surface area contributed by atoms with E-state index in [0.29, 0.717) is 0 Å². The van der Waals surface area contributed by atoms with Crippen LogP contribution in [0.4, 0.5) is 4.39 Å². The van der Waals surface area contributed by atoms with E-state index in [2.05, 4.69) is 18.7 Å². The molecule has 0 spiro atoms. The Morgan fingerprint density at radius 1 is 1.19 bits per heavy atom. The maximum Gasteiger partial charge on any atom is 0.123 e. The van der Waals surface area contributed by atoms with Crippen LogP contribution in [0.1, 0.15) is 31.9 Å². The first-order valence-electron chi connectivity index (χ1n) is 5.90. The number of nitrogens with two attached hydrogens (primary N) is 1. The fourth-order valence-electron chi connectivity index (χ4n) is 1.74. The summed E-state index contributed by atoms with van der Waals surface area (Å²) < 4.78 is 12.7. The predicted octanol–water partition coefficient (Wildman–Crippen LogP) is 2.56. The highest BCUT2D eigenvalue weighted by molar-refractivity contribution is 5.19. The molecule has 16 heavy (non-hydrogen) atoms. The van der Waals surface area contributed by atoms with Crippen LogP contribution < -0.4 is 5.73 Å². The molecule has 90 valence electrons. The van der Waals surface area contributed by atoms with E-state index in [0.717, 1.165) is 31.6 Å². The van der Waals surface area contributed by atoms with Crippen molar-refractivity contribution in [2.24, 2.45) is 5.73 Å². The van der Waals surface area contributed by atoms with Crippen molar-refractivity contribution >= 4 is 0 Å². The van der Waals surface area contributed by atoms with Gasteiger partial charge in [-0.15, -0.1) is 0 Å². The first kappa shape index (κ1) is 13.1. The second-order valence-corrected chi connectivity index (χ2v) is 3.97. The maximum absolute atomic E-state index is 12.7. The summed E-state index contributed by atoms with van der Waals surface area (Å²) in [6.45, 7) is 7.38. The highest BCUT2D eigenvalue weighted by Gasteiger charge is 2.07. The van der Waals surface area contributed by atoms with Crippen molar-refractivity contribution in [3.63, 3.8) is 0 Å². The van der Waals surface area contributed by atoms with Gasteiger partial charge in [0, 0.05) is 6.04 Å². The highest BCUT2D eigenvalue weighted by Crippen LogP contribution is 2.14. The van der Waals surface area contributed by atoms with Crippen LogP contribution >= 0.6 is 0 Å². The molecule has 1 aromatic carbocycles. The molecule has 1 unspecified atom stereocenters. The van der Waals surface area contributed by atoms with Crippen LogP contribution in [0, 0.1) is 5.82 Å². The number of benzene rings is 1. The number of halogens is 1. The molecule has 2 N–H and O–H groups in total. The van der Waals surface area contributed by atoms with Gasteiger partial charge in [-0.05, 0) is 43.8 Å². The second-order valence-electron chi connectivity index (χ2n) is 3.97. The molecule has 1 atom stereocenters. The molecule has 0 aliphatic rings. The van der Waals surface area contributed by atoms with Gasteiger partial charge in [0.1, 0.15) is 5.82 Å². The second kappa shape index (κ2) is 6.61. The van der Waals surface area contributed by atoms with E-state index >= 15 is 0 Å². The lowest BCUT2D eigenvalue weighted by atomic mass is 10.0. The molecule has 1 aromatic rings. The van der Waals surface area contributed by atoms with Gasteiger partial charge < -0.3 is 10.6 Å². The highest BCUT2D eigenvalue weighted by atomic mass is 19.1. The zero-order valence-corrected chi connectivity index (χ0v) is 10.1. The van der Waals surface area contributed by atoms with Crippen molar-refractivity contribution in [2.45, 2.75) is 26.3 Å². The van der Waals surface area contributed by atoms with Crippen LogP contribution in [0.2, 0.25) is 0 Å². The van der Waals surface area contributed by atoms with Crippen molar-refractivity contribution in [1.82, 2.24) is 4.90 Å². The summed E-state index contributed by atoms with van der Waals surface area (Å²) in [6.07, 6.45) is 0.910. The number of hydrogen-bond acceptors (Lipinski definition) is 2. The van der Waals surface area contributed by atoms with E-state index in [1.54, 1.807) is 12.1 Å². The Bertz CT molecular complexity index is 293. The molecule has 0 aromatic heterocycles. The largest absolute Gasteiger partial charge is 0.324 e. The van der Waals surface area contributed by atoms with Crippen LogP contribution in [-0.4, -0.2) is 24.5 Å². The van der Waals surface area contributed by atoms with Gasteiger partial charge in [0.05, 0.1) is 0 Å². The van der Waals surface area contributed by atoms with Gasteiger partial charge in [-0.3, -0.25) is 0 Å². The molecule has 0 heterocycles. The van der Waals surface area contributed by atoms with Gasteiger partial charge in [-0.25, -0.2) is 4.39 Å². The fourth-order valence-corrected chi connectivity index (χ4v) is 1.74. The van der Waals surface area contributed by atoms with Crippen LogP contribution in [0.3, 0.4) is 0 Å². The van der Waals surface area contributed by atoms with Gasteiger partial charge in [-0.2, -0.15) is 0 Å². The lowest BCUT2D eigenvalue weighted by Gasteiger charge is -2.20. The smallest absolute Gasteiger partial charge is 0.123 e. The Hall–Kier alpha value is -0.930. The SMILES string of the molecule is CCN(CC)CCC(N)c1ccc(F)cc1. The minimum absolute atomic E-state index is 0.00111. The molecule has 0 fully saturated rings. The van der Waals surface area contributed by atoms with E-state index in [-0.39, 0.29) is 11.9 Å². The summed E-state index contributed by atoms with van der Waals surface area (Å²) in [6, 6.07) is 6.46. The van der Waals surface area contributed by atoms with Crippen molar-refractivity contribution < 1.29 is 4.39 Å². The average molecular weight is 224 g/mol. The molecular formula is C13H21FN2. The van der Waals surface area contributed by atoms with Crippen molar-refractivity contribution in [3.8, 4) is 0 Å². The molecule has 0 aliphatic heterocycles. The van der Waals surface area contributed by atoms with Gasteiger partial charge >= 0.3 is 0 Å². The summed E-state index contributed by atoms with van der Waals surface area (Å²) in [5.74, 6) is -0.209. The molecule has 0 saturated carbocycles. The third-order valence-electron chi connectivity index (χ3n) is 2.95.